The molecule has 41 heavy (non-hydrogen) atoms. The first kappa shape index (κ1) is 29.2. The van der Waals surface area contributed by atoms with Crippen molar-refractivity contribution < 1.29 is 48.5 Å². The average molecular weight is 579 g/mol. The molecule has 0 fully saturated rings. The number of phosphoric ester groups is 1. The fourth-order valence-corrected chi connectivity index (χ4v) is 4.93. The van der Waals surface area contributed by atoms with E-state index in [1.807, 2.05) is 0 Å². The molecule has 4 rings (SSSR count). The number of aromatic hydroxyl groups is 4. The summed E-state index contributed by atoms with van der Waals surface area (Å²) in [5, 5.41) is 39.3. The molecule has 0 unspecified atom stereocenters. The maximum absolute atomic E-state index is 12.5. The zero-order valence-electron chi connectivity index (χ0n) is 21.6. The molecule has 0 aliphatic rings. The van der Waals surface area contributed by atoms with E-state index in [4.69, 9.17) is 9.05 Å². The van der Waals surface area contributed by atoms with E-state index in [1.165, 1.54) is 60.7 Å². The van der Waals surface area contributed by atoms with Crippen LogP contribution in [-0.4, -0.2) is 36.9 Å². The number of rotatable bonds is 12. The van der Waals surface area contributed by atoms with Crippen LogP contribution < -0.4 is 9.05 Å². The largest absolute Gasteiger partial charge is 0.584 e. The highest BCUT2D eigenvalue weighted by molar-refractivity contribution is 7.48. The van der Waals surface area contributed by atoms with Gasteiger partial charge in [-0.3, -0.25) is 14.5 Å². The molecule has 0 radical (unpaired) electrons. The lowest BCUT2D eigenvalue weighted by atomic mass is 10.0. The van der Waals surface area contributed by atoms with Gasteiger partial charge in [-0.25, -0.2) is 4.57 Å². The number of Topliss-reactive ketones (excluding diaryl/α,β-unsaturated/α-hetero) is 2. The second-order valence-electron chi connectivity index (χ2n) is 9.13. The molecule has 4 aromatic carbocycles. The normalized spacial score (nSPS) is 11.1. The lowest BCUT2D eigenvalue weighted by molar-refractivity contribution is 0.0968. The van der Waals surface area contributed by atoms with Crippen LogP contribution in [0.5, 0.6) is 34.5 Å². The predicted molar refractivity (Wildman–Crippen MR) is 149 cm³/mol. The molecular weight excluding hydrogens is 551 g/mol. The zero-order valence-corrected chi connectivity index (χ0v) is 22.5. The molecular formula is C30H27O10P. The molecule has 212 valence electrons. The smallest absolute Gasteiger partial charge is 0.507 e. The van der Waals surface area contributed by atoms with Crippen molar-refractivity contribution in [3.05, 3.63) is 107 Å². The second-order valence-corrected chi connectivity index (χ2v) is 10.4. The average Bonchev–Trinajstić information content (AvgIpc) is 2.92. The first-order chi connectivity index (χ1) is 19.5. The Labute approximate surface area is 235 Å². The molecule has 0 aliphatic carbocycles. The molecule has 0 atom stereocenters. The number of phenolic OH excluding ortho intramolecular Hbond substituents is 4. The molecule has 0 spiro atoms. The van der Waals surface area contributed by atoms with Gasteiger partial charge in [-0.05, 0) is 72.5 Å². The maximum atomic E-state index is 12.5. The summed E-state index contributed by atoms with van der Waals surface area (Å²) >= 11 is 0. The second kappa shape index (κ2) is 12.6. The van der Waals surface area contributed by atoms with Gasteiger partial charge in [0.25, 0.3) is 0 Å². The Morgan fingerprint density at radius 1 is 0.561 bits per heavy atom. The summed E-state index contributed by atoms with van der Waals surface area (Å²) in [6.07, 6.45) is 0.639. The van der Waals surface area contributed by atoms with Crippen LogP contribution in [0.3, 0.4) is 0 Å². The van der Waals surface area contributed by atoms with Crippen molar-refractivity contribution in [2.45, 2.75) is 25.7 Å². The number of benzene rings is 4. The van der Waals surface area contributed by atoms with E-state index < -0.39 is 19.4 Å². The van der Waals surface area contributed by atoms with Crippen molar-refractivity contribution in [3.8, 4) is 34.5 Å². The summed E-state index contributed by atoms with van der Waals surface area (Å²) in [5.74, 6) is -1.93. The van der Waals surface area contributed by atoms with E-state index in [9.17, 15) is 39.5 Å². The van der Waals surface area contributed by atoms with Gasteiger partial charge in [0.05, 0.1) is 0 Å². The number of phosphoric acid groups is 1. The molecule has 0 saturated heterocycles. The molecule has 0 heterocycles. The first-order valence-corrected chi connectivity index (χ1v) is 14.0. The van der Waals surface area contributed by atoms with Gasteiger partial charge in [0.15, 0.2) is 11.6 Å². The van der Waals surface area contributed by atoms with E-state index >= 15 is 0 Å². The molecule has 0 aliphatic heterocycles. The lowest BCUT2D eigenvalue weighted by Gasteiger charge is -2.14. The molecule has 0 bridgehead atoms. The molecule has 0 aromatic heterocycles. The predicted octanol–water partition coefficient (Wildman–Crippen LogP) is 5.70. The van der Waals surface area contributed by atoms with E-state index in [0.717, 1.165) is 11.1 Å². The molecule has 4 aromatic rings. The van der Waals surface area contributed by atoms with Crippen molar-refractivity contribution in [1.82, 2.24) is 0 Å². The van der Waals surface area contributed by atoms with E-state index in [1.54, 1.807) is 24.3 Å². The number of phenols is 4. The highest BCUT2D eigenvalue weighted by Crippen LogP contribution is 2.44. The van der Waals surface area contributed by atoms with Gasteiger partial charge in [0.1, 0.15) is 45.6 Å². The van der Waals surface area contributed by atoms with Crippen molar-refractivity contribution in [1.29, 1.82) is 0 Å². The van der Waals surface area contributed by atoms with Gasteiger partial charge in [-0.1, -0.05) is 36.4 Å². The summed E-state index contributed by atoms with van der Waals surface area (Å²) in [6.45, 7) is 0. The molecule has 10 nitrogen and oxygen atoms in total. The molecule has 0 amide bonds. The van der Waals surface area contributed by atoms with Gasteiger partial charge in [-0.2, -0.15) is 0 Å². The Morgan fingerprint density at radius 3 is 1.20 bits per heavy atom. The minimum atomic E-state index is -4.55. The Kier molecular flexibility index (Phi) is 8.97. The zero-order chi connectivity index (χ0) is 29.6. The third kappa shape index (κ3) is 7.66. The minimum Gasteiger partial charge on any atom is -0.507 e. The van der Waals surface area contributed by atoms with Crippen LogP contribution in [0.4, 0.5) is 0 Å². The van der Waals surface area contributed by atoms with Crippen LogP contribution in [0, 0.1) is 0 Å². The van der Waals surface area contributed by atoms with Crippen molar-refractivity contribution in [2.75, 3.05) is 0 Å². The van der Waals surface area contributed by atoms with Crippen LogP contribution >= 0.6 is 7.82 Å². The molecule has 0 saturated carbocycles. The van der Waals surface area contributed by atoms with Crippen LogP contribution in [0.25, 0.3) is 0 Å². The molecule has 11 heteroatoms. The highest BCUT2D eigenvalue weighted by atomic mass is 31.2. The third-order valence-electron chi connectivity index (χ3n) is 6.17. The van der Waals surface area contributed by atoms with Crippen molar-refractivity contribution >= 4 is 19.4 Å². The first-order valence-electron chi connectivity index (χ1n) is 12.5. The summed E-state index contributed by atoms with van der Waals surface area (Å²) in [7, 11) is -4.55. The van der Waals surface area contributed by atoms with Crippen LogP contribution in [0.15, 0.2) is 84.9 Å². The monoisotopic (exact) mass is 578 g/mol. The van der Waals surface area contributed by atoms with Gasteiger partial charge < -0.3 is 29.5 Å². The number of hydrogen-bond acceptors (Lipinski definition) is 9. The van der Waals surface area contributed by atoms with Gasteiger partial charge >= 0.3 is 7.82 Å². The quantitative estimate of drug-likeness (QED) is 0.104. The van der Waals surface area contributed by atoms with E-state index in [-0.39, 0.29) is 58.5 Å². The highest BCUT2D eigenvalue weighted by Gasteiger charge is 2.25. The van der Waals surface area contributed by atoms with Crippen LogP contribution in [0.1, 0.15) is 44.7 Å². The van der Waals surface area contributed by atoms with Crippen molar-refractivity contribution in [2.24, 2.45) is 0 Å². The fraction of sp³-hybridized carbons (Fsp3) is 0.133. The van der Waals surface area contributed by atoms with Gasteiger partial charge in [0, 0.05) is 12.8 Å². The Bertz CT molecular complexity index is 1440. The fourth-order valence-electron chi connectivity index (χ4n) is 4.11. The Balaban J connectivity index is 1.28. The number of hydrogen-bond donors (Lipinski definition) is 5. The van der Waals surface area contributed by atoms with Crippen LogP contribution in [0.2, 0.25) is 0 Å². The Hall–Kier alpha value is -4.79. The van der Waals surface area contributed by atoms with Crippen molar-refractivity contribution in [3.63, 3.8) is 0 Å². The Morgan fingerprint density at radius 2 is 0.878 bits per heavy atom. The maximum Gasteiger partial charge on any atom is 0.584 e. The van der Waals surface area contributed by atoms with E-state index in [0.29, 0.717) is 12.8 Å². The summed E-state index contributed by atoms with van der Waals surface area (Å²) in [5.41, 5.74) is 1.17. The van der Waals surface area contributed by atoms with Gasteiger partial charge in [-0.15, -0.1) is 0 Å². The summed E-state index contributed by atoms with van der Waals surface area (Å²) in [4.78, 5) is 35.0. The minimum absolute atomic E-state index is 0.0221. The number of carbonyl (C=O) groups is 2. The summed E-state index contributed by atoms with van der Waals surface area (Å²) in [6, 6.07) is 20.4. The standard InChI is InChI=1S/C30H27O10P/c31-23-3-1-4-24(32)29(23)27(35)17-11-19-7-13-21(14-8-19)39-41(37,38)40-22-15-9-20(10-16-22)12-18-28(36)30-25(33)5-2-6-26(30)34/h1-10,13-16,31-34H,11-12,17-18H2,(H,37,38). The number of aryl methyl sites for hydroxylation is 2. The third-order valence-corrected chi connectivity index (χ3v) is 7.05. The lowest BCUT2D eigenvalue weighted by Crippen LogP contribution is -2.03. The molecule has 5 N–H and O–H groups in total. The topological polar surface area (TPSA) is 171 Å². The number of carbonyl (C=O) groups excluding carboxylic acids is 2. The number of ketones is 2. The van der Waals surface area contributed by atoms with E-state index in [2.05, 4.69) is 0 Å². The SMILES string of the molecule is O=C(CCc1ccc(OP(=O)(O)Oc2ccc(CCC(=O)c3c(O)cccc3O)cc2)cc1)c1c(O)cccc1O. The van der Waals surface area contributed by atoms with Crippen LogP contribution in [-0.2, 0) is 17.4 Å². The summed E-state index contributed by atoms with van der Waals surface area (Å²) < 4.78 is 22.8. The van der Waals surface area contributed by atoms with Gasteiger partial charge in [0.2, 0.25) is 0 Å².